The molecule has 1 fully saturated rings. The summed E-state index contributed by atoms with van der Waals surface area (Å²) in [5, 5.41) is 23.4. The maximum Gasteiger partial charge on any atom is 0.308 e. The highest BCUT2D eigenvalue weighted by Crippen LogP contribution is 2.60. The number of carbonyl (C=O) groups excluding carboxylic acids is 7. The van der Waals surface area contributed by atoms with Crippen molar-refractivity contribution in [3.8, 4) is 5.75 Å². The number of benzene rings is 1. The molecule has 240 valence electrons. The number of primary amides is 1. The molecular formula is C30H32N2O13. The molecule has 3 aliphatic carbocycles. The van der Waals surface area contributed by atoms with E-state index in [1.807, 2.05) is 0 Å². The lowest BCUT2D eigenvalue weighted by atomic mass is 9.53. The topological polar surface area (TPSA) is 226 Å². The molecule has 15 nitrogen and oxygen atoms in total. The summed E-state index contributed by atoms with van der Waals surface area (Å²) in [6.07, 6.45) is -1.78. The third-order valence-corrected chi connectivity index (χ3v) is 8.15. The number of fused-ring (bicyclic) bond motifs is 3. The first-order valence-electron chi connectivity index (χ1n) is 13.6. The number of ether oxygens (including phenoxy) is 4. The van der Waals surface area contributed by atoms with Crippen LogP contribution >= 0.6 is 0 Å². The van der Waals surface area contributed by atoms with Gasteiger partial charge in [0.15, 0.2) is 11.5 Å². The predicted octanol–water partition coefficient (Wildman–Crippen LogP) is 0.532. The maximum atomic E-state index is 14.9. The summed E-state index contributed by atoms with van der Waals surface area (Å²) in [6.45, 7) is 5.39. The monoisotopic (exact) mass is 628 g/mol. The van der Waals surface area contributed by atoms with E-state index in [0.717, 1.165) is 27.7 Å². The van der Waals surface area contributed by atoms with Gasteiger partial charge in [-0.25, -0.2) is 0 Å². The van der Waals surface area contributed by atoms with Crippen molar-refractivity contribution in [2.75, 3.05) is 14.1 Å². The van der Waals surface area contributed by atoms with Gasteiger partial charge in [0, 0.05) is 33.3 Å². The van der Waals surface area contributed by atoms with Gasteiger partial charge in [-0.15, -0.1) is 0 Å². The average molecular weight is 629 g/mol. The number of hydrogen-bond donors (Lipinski definition) is 3. The average Bonchev–Trinajstić information content (AvgIpc) is 2.88. The highest BCUT2D eigenvalue weighted by molar-refractivity contribution is 6.25. The van der Waals surface area contributed by atoms with E-state index in [2.05, 4.69) is 0 Å². The smallest absolute Gasteiger partial charge is 0.308 e. The number of Topliss-reactive ketones (excluding diaryl/α,β-unsaturated/α-hetero) is 2. The standard InChI is InChI=1S/C30H32N2O13/c1-11(33)42-16-10-8-9-15-17(16)23(37)18-20(29(15,5)44-13(3)35)25(43-12(2)34)21-22(32(6)7)24(38)19(28(31)41)27(40)30(21,26(18)39)45-14(4)36/h8-10,20-22,25,37,40H,1-7H3,(H2,31,41)/t20-,21-,22+,25+,29-,30+/m1/s1. The Labute approximate surface area is 256 Å². The van der Waals surface area contributed by atoms with Gasteiger partial charge in [-0.05, 0) is 27.1 Å². The summed E-state index contributed by atoms with van der Waals surface area (Å²) in [7, 11) is 2.76. The molecule has 4 N–H and O–H groups in total. The van der Waals surface area contributed by atoms with E-state index in [0.29, 0.717) is 0 Å². The zero-order valence-electron chi connectivity index (χ0n) is 25.5. The highest BCUT2D eigenvalue weighted by Gasteiger charge is 2.74. The fourth-order valence-electron chi connectivity index (χ4n) is 6.88. The second kappa shape index (κ2) is 11.1. The van der Waals surface area contributed by atoms with Crippen molar-refractivity contribution in [1.29, 1.82) is 0 Å². The normalized spacial score (nSPS) is 28.9. The fraction of sp³-hybridized carbons (Fsp3) is 0.433. The molecule has 0 bridgehead atoms. The number of carbonyl (C=O) groups is 7. The van der Waals surface area contributed by atoms with Crippen LogP contribution in [0.4, 0.5) is 0 Å². The number of aliphatic hydroxyl groups is 2. The van der Waals surface area contributed by atoms with Gasteiger partial charge in [-0.1, -0.05) is 12.1 Å². The van der Waals surface area contributed by atoms with E-state index in [1.165, 1.54) is 44.1 Å². The summed E-state index contributed by atoms with van der Waals surface area (Å²) >= 11 is 0. The molecule has 15 heteroatoms. The number of aliphatic hydroxyl groups excluding tert-OH is 2. The molecule has 0 unspecified atom stereocenters. The van der Waals surface area contributed by atoms with Gasteiger partial charge < -0.3 is 34.9 Å². The van der Waals surface area contributed by atoms with Crippen LogP contribution in [0, 0.1) is 11.8 Å². The van der Waals surface area contributed by atoms with Gasteiger partial charge in [0.2, 0.25) is 11.4 Å². The zero-order valence-corrected chi connectivity index (χ0v) is 25.5. The van der Waals surface area contributed by atoms with Crippen LogP contribution < -0.4 is 10.5 Å². The Hall–Kier alpha value is -5.05. The van der Waals surface area contributed by atoms with E-state index in [4.69, 9.17) is 24.7 Å². The number of likely N-dealkylation sites (N-methyl/N-ethyl adjacent to an activating group) is 1. The van der Waals surface area contributed by atoms with Gasteiger partial charge in [-0.3, -0.25) is 38.5 Å². The lowest BCUT2D eigenvalue weighted by Crippen LogP contribution is -2.73. The maximum absolute atomic E-state index is 14.9. The minimum Gasteiger partial charge on any atom is -0.507 e. The number of amides is 1. The molecule has 0 radical (unpaired) electrons. The van der Waals surface area contributed by atoms with Crippen LogP contribution in [0.15, 0.2) is 35.1 Å². The van der Waals surface area contributed by atoms with E-state index >= 15 is 0 Å². The molecule has 1 amide bonds. The number of hydrogen-bond acceptors (Lipinski definition) is 14. The van der Waals surface area contributed by atoms with Crippen LogP contribution in [-0.4, -0.2) is 88.3 Å². The van der Waals surface area contributed by atoms with Crippen molar-refractivity contribution in [2.24, 2.45) is 17.6 Å². The Morgan fingerprint density at radius 1 is 0.911 bits per heavy atom. The third-order valence-electron chi connectivity index (χ3n) is 8.15. The molecule has 6 atom stereocenters. The molecule has 0 saturated heterocycles. The van der Waals surface area contributed by atoms with Crippen molar-refractivity contribution in [1.82, 2.24) is 4.90 Å². The molecule has 0 spiro atoms. The van der Waals surface area contributed by atoms with E-state index in [1.54, 1.807) is 0 Å². The SMILES string of the molecule is CC(=O)Oc1cccc2c1C(O)=C1C(=O)[C@]3(OC(C)=O)C(O)=C(C(N)=O)C(=O)[C@@H](N(C)C)[C@@H]3[C@@H](OC(C)=O)[C@@H]1[C@]2(C)OC(C)=O. The van der Waals surface area contributed by atoms with Crippen LogP contribution in [0.25, 0.3) is 5.76 Å². The number of nitrogens with two attached hydrogens (primary N) is 1. The molecule has 3 aliphatic rings. The minimum absolute atomic E-state index is 0.0220. The van der Waals surface area contributed by atoms with E-state index in [9.17, 15) is 43.8 Å². The first-order valence-corrected chi connectivity index (χ1v) is 13.6. The first kappa shape index (κ1) is 32.9. The number of nitrogens with zero attached hydrogens (tertiary/aromatic N) is 1. The zero-order chi connectivity index (χ0) is 33.9. The summed E-state index contributed by atoms with van der Waals surface area (Å²) in [5.41, 5.74) is -1.49. The van der Waals surface area contributed by atoms with Crippen LogP contribution in [0.3, 0.4) is 0 Å². The third kappa shape index (κ3) is 4.83. The molecule has 0 aliphatic heterocycles. The highest BCUT2D eigenvalue weighted by atomic mass is 16.6. The first-order chi connectivity index (χ1) is 20.8. The minimum atomic E-state index is -2.97. The molecule has 0 heterocycles. The van der Waals surface area contributed by atoms with Gasteiger partial charge >= 0.3 is 23.9 Å². The van der Waals surface area contributed by atoms with Gasteiger partial charge in [0.05, 0.1) is 29.0 Å². The Kier molecular flexibility index (Phi) is 8.14. The summed E-state index contributed by atoms with van der Waals surface area (Å²) < 4.78 is 22.4. The lowest BCUT2D eigenvalue weighted by Gasteiger charge is -2.57. The molecule has 1 aromatic carbocycles. The van der Waals surface area contributed by atoms with Crippen molar-refractivity contribution in [3.05, 3.63) is 46.2 Å². The predicted molar refractivity (Wildman–Crippen MR) is 150 cm³/mol. The van der Waals surface area contributed by atoms with E-state index in [-0.39, 0.29) is 16.9 Å². The number of esters is 4. The number of ketones is 2. The fourth-order valence-corrected chi connectivity index (χ4v) is 6.88. The Bertz CT molecular complexity index is 1640. The lowest BCUT2D eigenvalue weighted by molar-refractivity contribution is -0.211. The van der Waals surface area contributed by atoms with Crippen LogP contribution in [0.1, 0.15) is 45.7 Å². The summed E-state index contributed by atoms with van der Waals surface area (Å²) in [5.74, 6) is -13.6. The summed E-state index contributed by atoms with van der Waals surface area (Å²) in [6, 6.07) is 2.51. The quantitative estimate of drug-likeness (QED) is 0.169. The van der Waals surface area contributed by atoms with Gasteiger partial charge in [0.1, 0.15) is 28.8 Å². The molecule has 1 saturated carbocycles. The number of rotatable bonds is 6. The second-order valence-electron chi connectivity index (χ2n) is 11.3. The van der Waals surface area contributed by atoms with Crippen LogP contribution in [0.5, 0.6) is 5.75 Å². The molecule has 4 rings (SSSR count). The van der Waals surface area contributed by atoms with Crippen LogP contribution in [-0.2, 0) is 53.4 Å². The van der Waals surface area contributed by atoms with Crippen molar-refractivity contribution in [2.45, 2.75) is 58.0 Å². The van der Waals surface area contributed by atoms with Crippen molar-refractivity contribution >= 4 is 47.1 Å². The molecule has 0 aromatic heterocycles. The molecule has 1 aromatic rings. The Morgan fingerprint density at radius 3 is 2.00 bits per heavy atom. The largest absolute Gasteiger partial charge is 0.507 e. The Balaban J connectivity index is 2.28. The van der Waals surface area contributed by atoms with Crippen molar-refractivity contribution in [3.63, 3.8) is 0 Å². The van der Waals surface area contributed by atoms with Crippen molar-refractivity contribution < 1.29 is 62.7 Å². The Morgan fingerprint density at radius 2 is 1.51 bits per heavy atom. The van der Waals surface area contributed by atoms with Gasteiger partial charge in [-0.2, -0.15) is 0 Å². The second-order valence-corrected chi connectivity index (χ2v) is 11.3. The molecular weight excluding hydrogens is 596 g/mol. The van der Waals surface area contributed by atoms with E-state index < -0.39 is 99.2 Å². The summed E-state index contributed by atoms with van der Waals surface area (Å²) in [4.78, 5) is 92.5. The van der Waals surface area contributed by atoms with Crippen LogP contribution in [0.2, 0.25) is 0 Å². The molecule has 45 heavy (non-hydrogen) atoms. The van der Waals surface area contributed by atoms with Gasteiger partial charge in [0.25, 0.3) is 5.91 Å².